The Morgan fingerprint density at radius 1 is 1.20 bits per heavy atom. The third-order valence-electron chi connectivity index (χ3n) is 2.17. The van der Waals surface area contributed by atoms with E-state index in [0.717, 1.165) is 6.07 Å². The SMILES string of the molecule is NCCC(N)c1cccc(C(F)F)c1F. The zero-order chi connectivity index (χ0) is 11.4. The summed E-state index contributed by atoms with van der Waals surface area (Å²) >= 11 is 0. The van der Waals surface area contributed by atoms with Gasteiger partial charge in [-0.05, 0) is 13.0 Å². The molecule has 0 fully saturated rings. The van der Waals surface area contributed by atoms with Crippen molar-refractivity contribution in [2.75, 3.05) is 6.54 Å². The lowest BCUT2D eigenvalue weighted by atomic mass is 10.0. The maximum atomic E-state index is 13.5. The monoisotopic (exact) mass is 218 g/mol. The van der Waals surface area contributed by atoms with Crippen LogP contribution in [-0.2, 0) is 0 Å². The van der Waals surface area contributed by atoms with Crippen LogP contribution in [-0.4, -0.2) is 6.54 Å². The van der Waals surface area contributed by atoms with Crippen molar-refractivity contribution in [2.24, 2.45) is 11.5 Å². The van der Waals surface area contributed by atoms with Crippen LogP contribution in [0.2, 0.25) is 0 Å². The number of nitrogens with two attached hydrogens (primary N) is 2. The highest BCUT2D eigenvalue weighted by atomic mass is 19.3. The molecule has 0 heterocycles. The van der Waals surface area contributed by atoms with Crippen molar-refractivity contribution < 1.29 is 13.2 Å². The highest BCUT2D eigenvalue weighted by Crippen LogP contribution is 2.27. The summed E-state index contributed by atoms with van der Waals surface area (Å²) in [6.07, 6.45) is -2.46. The Bertz CT molecular complexity index is 328. The molecule has 0 radical (unpaired) electrons. The smallest absolute Gasteiger partial charge is 0.266 e. The molecule has 15 heavy (non-hydrogen) atoms. The summed E-state index contributed by atoms with van der Waals surface area (Å²) < 4.78 is 38.2. The van der Waals surface area contributed by atoms with Crippen molar-refractivity contribution in [2.45, 2.75) is 18.9 Å². The Balaban J connectivity index is 3.03. The molecule has 0 saturated carbocycles. The van der Waals surface area contributed by atoms with Gasteiger partial charge in [0.2, 0.25) is 0 Å². The molecule has 0 spiro atoms. The molecule has 1 rings (SSSR count). The van der Waals surface area contributed by atoms with E-state index in [1.165, 1.54) is 12.1 Å². The first-order valence-electron chi connectivity index (χ1n) is 4.60. The van der Waals surface area contributed by atoms with Gasteiger partial charge in [0, 0.05) is 11.6 Å². The average Bonchev–Trinajstić information content (AvgIpc) is 2.17. The molecule has 5 heteroatoms. The number of alkyl halides is 2. The zero-order valence-electron chi connectivity index (χ0n) is 8.09. The van der Waals surface area contributed by atoms with Crippen LogP contribution in [0.3, 0.4) is 0 Å². The normalized spacial score (nSPS) is 13.2. The maximum Gasteiger partial charge on any atom is 0.266 e. The second kappa shape index (κ2) is 5.14. The van der Waals surface area contributed by atoms with Crippen molar-refractivity contribution in [3.8, 4) is 0 Å². The van der Waals surface area contributed by atoms with Gasteiger partial charge in [0.1, 0.15) is 5.82 Å². The molecule has 0 aliphatic carbocycles. The summed E-state index contributed by atoms with van der Waals surface area (Å²) in [5, 5.41) is 0. The van der Waals surface area contributed by atoms with E-state index < -0.39 is 23.8 Å². The van der Waals surface area contributed by atoms with Gasteiger partial charge in [0.15, 0.2) is 0 Å². The van der Waals surface area contributed by atoms with Gasteiger partial charge in [-0.1, -0.05) is 18.2 Å². The summed E-state index contributed by atoms with van der Waals surface area (Å²) in [5.41, 5.74) is 10.4. The van der Waals surface area contributed by atoms with Gasteiger partial charge in [-0.25, -0.2) is 13.2 Å². The predicted octanol–water partition coefficient (Wildman–Crippen LogP) is 2.11. The molecule has 0 aliphatic heterocycles. The van der Waals surface area contributed by atoms with Gasteiger partial charge >= 0.3 is 0 Å². The van der Waals surface area contributed by atoms with Gasteiger partial charge < -0.3 is 11.5 Å². The number of benzene rings is 1. The number of halogens is 3. The van der Waals surface area contributed by atoms with Gasteiger partial charge in [-0.2, -0.15) is 0 Å². The standard InChI is InChI=1S/C10H13F3N2/c11-9-6(8(15)4-5-14)2-1-3-7(9)10(12)13/h1-3,8,10H,4-5,14-15H2. The molecule has 1 atom stereocenters. The van der Waals surface area contributed by atoms with Crippen molar-refractivity contribution in [3.05, 3.63) is 35.1 Å². The minimum absolute atomic E-state index is 0.0956. The largest absolute Gasteiger partial charge is 0.330 e. The van der Waals surface area contributed by atoms with E-state index >= 15 is 0 Å². The third kappa shape index (κ3) is 2.70. The highest BCUT2D eigenvalue weighted by Gasteiger charge is 2.18. The Morgan fingerprint density at radius 3 is 2.33 bits per heavy atom. The molecule has 84 valence electrons. The van der Waals surface area contributed by atoms with E-state index in [0.29, 0.717) is 13.0 Å². The summed E-state index contributed by atoms with van der Waals surface area (Å²) in [5.74, 6) is -0.923. The summed E-state index contributed by atoms with van der Waals surface area (Å²) in [7, 11) is 0. The lowest BCUT2D eigenvalue weighted by Gasteiger charge is -2.13. The third-order valence-corrected chi connectivity index (χ3v) is 2.17. The minimum Gasteiger partial charge on any atom is -0.330 e. The lowest BCUT2D eigenvalue weighted by molar-refractivity contribution is 0.146. The van der Waals surface area contributed by atoms with Gasteiger partial charge in [0.25, 0.3) is 6.43 Å². The molecule has 1 aromatic rings. The molecule has 4 N–H and O–H groups in total. The van der Waals surface area contributed by atoms with E-state index in [2.05, 4.69) is 0 Å². The molecule has 0 saturated heterocycles. The minimum atomic E-state index is -2.82. The fraction of sp³-hybridized carbons (Fsp3) is 0.400. The van der Waals surface area contributed by atoms with E-state index in [9.17, 15) is 13.2 Å². The van der Waals surface area contributed by atoms with Crippen molar-refractivity contribution in [1.29, 1.82) is 0 Å². The van der Waals surface area contributed by atoms with Crippen LogP contribution in [0.25, 0.3) is 0 Å². The summed E-state index contributed by atoms with van der Waals surface area (Å²) in [6.45, 7) is 0.291. The van der Waals surface area contributed by atoms with Crippen LogP contribution in [0, 0.1) is 5.82 Å². The van der Waals surface area contributed by atoms with Crippen LogP contribution in [0.15, 0.2) is 18.2 Å². The molecule has 2 nitrogen and oxygen atoms in total. The number of rotatable bonds is 4. The van der Waals surface area contributed by atoms with Gasteiger partial charge in [-0.15, -0.1) is 0 Å². The van der Waals surface area contributed by atoms with Crippen LogP contribution >= 0.6 is 0 Å². The van der Waals surface area contributed by atoms with Gasteiger partial charge in [-0.3, -0.25) is 0 Å². The quantitative estimate of drug-likeness (QED) is 0.813. The van der Waals surface area contributed by atoms with Crippen molar-refractivity contribution in [1.82, 2.24) is 0 Å². The fourth-order valence-electron chi connectivity index (χ4n) is 1.36. The molecule has 0 aliphatic rings. The number of hydrogen-bond donors (Lipinski definition) is 2. The van der Waals surface area contributed by atoms with Crippen molar-refractivity contribution >= 4 is 0 Å². The van der Waals surface area contributed by atoms with Crippen molar-refractivity contribution in [3.63, 3.8) is 0 Å². The van der Waals surface area contributed by atoms with Crippen LogP contribution in [0.5, 0.6) is 0 Å². The van der Waals surface area contributed by atoms with Crippen LogP contribution < -0.4 is 11.5 Å². The molecule has 1 unspecified atom stereocenters. The molecule has 0 bridgehead atoms. The van der Waals surface area contributed by atoms with Crippen LogP contribution in [0.1, 0.15) is 30.0 Å². The molecular weight excluding hydrogens is 205 g/mol. The zero-order valence-corrected chi connectivity index (χ0v) is 8.09. The maximum absolute atomic E-state index is 13.5. The average molecular weight is 218 g/mol. The molecule has 1 aromatic carbocycles. The second-order valence-corrected chi connectivity index (χ2v) is 3.23. The molecule has 0 amide bonds. The fourth-order valence-corrected chi connectivity index (χ4v) is 1.36. The Hall–Kier alpha value is -1.07. The molecular formula is C10H13F3N2. The first kappa shape index (κ1) is 12.0. The molecule has 0 aromatic heterocycles. The topological polar surface area (TPSA) is 52.0 Å². The van der Waals surface area contributed by atoms with E-state index in [-0.39, 0.29) is 5.56 Å². The first-order chi connectivity index (χ1) is 7.07. The van der Waals surface area contributed by atoms with E-state index in [1.807, 2.05) is 0 Å². The Kier molecular flexibility index (Phi) is 4.11. The van der Waals surface area contributed by atoms with Gasteiger partial charge in [0.05, 0.1) is 5.56 Å². The first-order valence-corrected chi connectivity index (χ1v) is 4.60. The summed E-state index contributed by atoms with van der Waals surface area (Å²) in [6, 6.07) is 3.20. The van der Waals surface area contributed by atoms with E-state index in [1.54, 1.807) is 0 Å². The Morgan fingerprint density at radius 2 is 1.80 bits per heavy atom. The lowest BCUT2D eigenvalue weighted by Crippen LogP contribution is -2.17. The Labute approximate surface area is 86.1 Å². The van der Waals surface area contributed by atoms with Crippen LogP contribution in [0.4, 0.5) is 13.2 Å². The summed E-state index contributed by atoms with van der Waals surface area (Å²) in [4.78, 5) is 0. The number of hydrogen-bond acceptors (Lipinski definition) is 2. The predicted molar refractivity (Wildman–Crippen MR) is 52.0 cm³/mol. The van der Waals surface area contributed by atoms with E-state index in [4.69, 9.17) is 11.5 Å². The highest BCUT2D eigenvalue weighted by molar-refractivity contribution is 5.29. The second-order valence-electron chi connectivity index (χ2n) is 3.23.